The number of methoxy groups -OCH3 is 1. The zero-order valence-corrected chi connectivity index (χ0v) is 17.5. The Morgan fingerprint density at radius 1 is 1.23 bits per heavy atom. The summed E-state index contributed by atoms with van der Waals surface area (Å²) in [6.45, 7) is 3.61. The second kappa shape index (κ2) is 8.52. The molecule has 0 aliphatic rings. The number of aryl methyl sites for hydroxylation is 3. The summed E-state index contributed by atoms with van der Waals surface area (Å²) in [5.41, 5.74) is 2.60. The number of carbonyl (C=O) groups is 1. The minimum atomic E-state index is -4.72. The number of hydrogen-bond acceptors (Lipinski definition) is 4. The number of hydrogen-bond donors (Lipinski definition) is 1. The molecule has 0 aliphatic carbocycles. The number of ether oxygens (including phenoxy) is 1. The summed E-state index contributed by atoms with van der Waals surface area (Å²) in [4.78, 5) is 16.9. The fourth-order valence-electron chi connectivity index (χ4n) is 3.59. The zero-order chi connectivity index (χ0) is 22.9. The lowest BCUT2D eigenvalue weighted by Crippen LogP contribution is -2.38. The second-order valence-corrected chi connectivity index (χ2v) is 7.23. The minimum absolute atomic E-state index is 0.175. The van der Waals surface area contributed by atoms with E-state index in [1.54, 1.807) is 18.7 Å². The van der Waals surface area contributed by atoms with E-state index in [1.807, 2.05) is 12.2 Å². The maximum Gasteiger partial charge on any atom is 0.412 e. The van der Waals surface area contributed by atoms with Crippen molar-refractivity contribution in [2.45, 2.75) is 38.9 Å². The minimum Gasteiger partial charge on any atom is -0.479 e. The first-order valence-electron chi connectivity index (χ1n) is 9.51. The standard InChI is InChI=1S/C21H22F4N4O2/c1-11-15(12(2)26-19-17(11)20(31-4)28-29(19)3)9-10-16(30)27-18(21(23,24)25)13-5-7-14(22)8-6-13/h5-8,18H,9-10H2,1-4H3,(H,27,30). The molecule has 1 N–H and O–H groups in total. The maximum absolute atomic E-state index is 13.5. The molecule has 0 aliphatic heterocycles. The van der Waals surface area contributed by atoms with Gasteiger partial charge in [-0.25, -0.2) is 14.1 Å². The van der Waals surface area contributed by atoms with Crippen LogP contribution in [0.2, 0.25) is 0 Å². The third kappa shape index (κ3) is 4.62. The Bertz CT molecular complexity index is 1110. The number of rotatable bonds is 6. The molecule has 6 nitrogen and oxygen atoms in total. The Kier molecular flexibility index (Phi) is 6.19. The first-order valence-corrected chi connectivity index (χ1v) is 9.51. The van der Waals surface area contributed by atoms with Crippen molar-refractivity contribution < 1.29 is 27.1 Å². The quantitative estimate of drug-likeness (QED) is 0.589. The molecular formula is C21H22F4N4O2. The second-order valence-electron chi connectivity index (χ2n) is 7.23. The van der Waals surface area contributed by atoms with Gasteiger partial charge in [0, 0.05) is 19.2 Å². The van der Waals surface area contributed by atoms with Gasteiger partial charge in [-0.05, 0) is 49.1 Å². The monoisotopic (exact) mass is 438 g/mol. The number of benzene rings is 1. The Hall–Kier alpha value is -3.17. The number of halogens is 4. The molecule has 0 saturated carbocycles. The van der Waals surface area contributed by atoms with Gasteiger partial charge in [0.05, 0.1) is 12.5 Å². The normalized spacial score (nSPS) is 12.8. The van der Waals surface area contributed by atoms with Crippen LogP contribution >= 0.6 is 0 Å². The van der Waals surface area contributed by atoms with E-state index in [-0.39, 0.29) is 18.4 Å². The average Bonchev–Trinajstić information content (AvgIpc) is 3.01. The number of pyridine rings is 1. The van der Waals surface area contributed by atoms with Gasteiger partial charge in [0.15, 0.2) is 11.7 Å². The van der Waals surface area contributed by atoms with Crippen molar-refractivity contribution in [2.75, 3.05) is 7.11 Å². The van der Waals surface area contributed by atoms with Crippen molar-refractivity contribution in [3.8, 4) is 5.88 Å². The Balaban J connectivity index is 1.81. The third-order valence-corrected chi connectivity index (χ3v) is 5.15. The van der Waals surface area contributed by atoms with Crippen LogP contribution in [0.1, 0.15) is 34.8 Å². The number of fused-ring (bicyclic) bond motifs is 1. The van der Waals surface area contributed by atoms with Gasteiger partial charge in [0.2, 0.25) is 11.8 Å². The molecule has 1 amide bonds. The number of carbonyl (C=O) groups excluding carboxylic acids is 1. The van der Waals surface area contributed by atoms with Crippen LogP contribution in [0.3, 0.4) is 0 Å². The fourth-order valence-corrected chi connectivity index (χ4v) is 3.59. The van der Waals surface area contributed by atoms with E-state index < -0.39 is 23.9 Å². The van der Waals surface area contributed by atoms with Gasteiger partial charge in [-0.15, -0.1) is 5.10 Å². The highest BCUT2D eigenvalue weighted by Crippen LogP contribution is 2.33. The molecule has 1 unspecified atom stereocenters. The van der Waals surface area contributed by atoms with Crippen molar-refractivity contribution in [1.29, 1.82) is 0 Å². The highest BCUT2D eigenvalue weighted by atomic mass is 19.4. The first-order chi connectivity index (χ1) is 14.5. The molecule has 2 aromatic heterocycles. The van der Waals surface area contributed by atoms with Gasteiger partial charge >= 0.3 is 6.18 Å². The van der Waals surface area contributed by atoms with Crippen LogP contribution in [-0.4, -0.2) is 34.0 Å². The van der Waals surface area contributed by atoms with Crippen LogP contribution in [0.25, 0.3) is 11.0 Å². The summed E-state index contributed by atoms with van der Waals surface area (Å²) in [5.74, 6) is -1.04. The van der Waals surface area contributed by atoms with Crippen LogP contribution in [-0.2, 0) is 18.3 Å². The summed E-state index contributed by atoms with van der Waals surface area (Å²) in [6, 6.07) is 1.65. The number of nitrogens with one attached hydrogen (secondary N) is 1. The molecule has 2 heterocycles. The van der Waals surface area contributed by atoms with Crippen molar-refractivity contribution >= 4 is 16.9 Å². The predicted molar refractivity (Wildman–Crippen MR) is 106 cm³/mol. The molecule has 1 aromatic carbocycles. The lowest BCUT2D eigenvalue weighted by Gasteiger charge is -2.22. The molecule has 1 atom stereocenters. The molecule has 0 saturated heterocycles. The highest BCUT2D eigenvalue weighted by Gasteiger charge is 2.41. The lowest BCUT2D eigenvalue weighted by molar-refractivity contribution is -0.163. The van der Waals surface area contributed by atoms with Crippen molar-refractivity contribution in [3.05, 3.63) is 52.5 Å². The van der Waals surface area contributed by atoms with E-state index in [2.05, 4.69) is 10.1 Å². The van der Waals surface area contributed by atoms with Crippen molar-refractivity contribution in [1.82, 2.24) is 20.1 Å². The third-order valence-electron chi connectivity index (χ3n) is 5.15. The Morgan fingerprint density at radius 2 is 1.87 bits per heavy atom. The summed E-state index contributed by atoms with van der Waals surface area (Å²) >= 11 is 0. The van der Waals surface area contributed by atoms with E-state index >= 15 is 0 Å². The maximum atomic E-state index is 13.5. The van der Waals surface area contributed by atoms with Gasteiger partial charge in [-0.1, -0.05) is 12.1 Å². The van der Waals surface area contributed by atoms with Crippen molar-refractivity contribution in [2.24, 2.45) is 7.05 Å². The molecule has 10 heteroatoms. The Morgan fingerprint density at radius 3 is 2.45 bits per heavy atom. The molecule has 0 spiro atoms. The highest BCUT2D eigenvalue weighted by molar-refractivity contribution is 5.86. The summed E-state index contributed by atoms with van der Waals surface area (Å²) in [6.07, 6.45) is -4.70. The van der Waals surface area contributed by atoms with Crippen LogP contribution in [0.4, 0.5) is 17.6 Å². The van der Waals surface area contributed by atoms with Crippen molar-refractivity contribution in [3.63, 3.8) is 0 Å². The Labute approximate surface area is 176 Å². The van der Waals surface area contributed by atoms with E-state index in [9.17, 15) is 22.4 Å². The van der Waals surface area contributed by atoms with Crippen LogP contribution < -0.4 is 10.1 Å². The van der Waals surface area contributed by atoms with E-state index in [0.29, 0.717) is 22.6 Å². The van der Waals surface area contributed by atoms with E-state index in [1.165, 1.54) is 7.11 Å². The average molecular weight is 438 g/mol. The largest absolute Gasteiger partial charge is 0.479 e. The van der Waals surface area contributed by atoms with Gasteiger partial charge in [0.25, 0.3) is 0 Å². The van der Waals surface area contributed by atoms with E-state index in [4.69, 9.17) is 4.74 Å². The van der Waals surface area contributed by atoms with Gasteiger partial charge in [-0.3, -0.25) is 4.79 Å². The van der Waals surface area contributed by atoms with Gasteiger partial charge < -0.3 is 10.1 Å². The molecule has 3 aromatic rings. The predicted octanol–water partition coefficient (Wildman–Crippen LogP) is 4.09. The summed E-state index contributed by atoms with van der Waals surface area (Å²) < 4.78 is 60.4. The molecule has 31 heavy (non-hydrogen) atoms. The molecule has 166 valence electrons. The van der Waals surface area contributed by atoms with Gasteiger partial charge in [-0.2, -0.15) is 13.2 Å². The van der Waals surface area contributed by atoms with Crippen LogP contribution in [0, 0.1) is 19.7 Å². The lowest BCUT2D eigenvalue weighted by atomic mass is 9.99. The topological polar surface area (TPSA) is 69.0 Å². The van der Waals surface area contributed by atoms with Gasteiger partial charge in [0.1, 0.15) is 5.82 Å². The molecule has 0 bridgehead atoms. The summed E-state index contributed by atoms with van der Waals surface area (Å²) in [7, 11) is 3.22. The van der Waals surface area contributed by atoms with E-state index in [0.717, 1.165) is 35.4 Å². The number of alkyl halides is 3. The summed E-state index contributed by atoms with van der Waals surface area (Å²) in [5, 5.41) is 6.97. The zero-order valence-electron chi connectivity index (χ0n) is 17.5. The first kappa shape index (κ1) is 22.5. The molecule has 0 fully saturated rings. The molecular weight excluding hydrogens is 416 g/mol. The van der Waals surface area contributed by atoms with Crippen LogP contribution in [0.5, 0.6) is 5.88 Å². The fraction of sp³-hybridized carbons (Fsp3) is 0.381. The molecule has 0 radical (unpaired) electrons. The number of nitrogens with zero attached hydrogens (tertiary/aromatic N) is 3. The van der Waals surface area contributed by atoms with Crippen LogP contribution in [0.15, 0.2) is 24.3 Å². The smallest absolute Gasteiger partial charge is 0.412 e. The number of aromatic nitrogens is 3. The molecule has 3 rings (SSSR count). The SMILES string of the molecule is COc1nn(C)c2nc(C)c(CCC(=O)NC(c3ccc(F)cc3)C(F)(F)F)c(C)c12. The number of amides is 1.